The summed E-state index contributed by atoms with van der Waals surface area (Å²) in [7, 11) is 0. The van der Waals surface area contributed by atoms with Crippen LogP contribution in [0, 0.1) is 0 Å². The van der Waals surface area contributed by atoms with Crippen LogP contribution in [-0.4, -0.2) is 29.1 Å². The second-order valence-electron chi connectivity index (χ2n) is 4.01. The van der Waals surface area contributed by atoms with E-state index in [4.69, 9.17) is 12.2 Å². The van der Waals surface area contributed by atoms with E-state index < -0.39 is 0 Å². The zero-order chi connectivity index (χ0) is 9.68. The summed E-state index contributed by atoms with van der Waals surface area (Å²) in [5.41, 5.74) is 0. The van der Waals surface area contributed by atoms with Gasteiger partial charge in [0, 0.05) is 19.1 Å². The van der Waals surface area contributed by atoms with Crippen molar-refractivity contribution in [2.45, 2.75) is 45.6 Å². The van der Waals surface area contributed by atoms with Crippen LogP contribution in [0.1, 0.15) is 39.5 Å². The van der Waals surface area contributed by atoms with Crippen molar-refractivity contribution >= 4 is 17.3 Å². The Morgan fingerprint density at radius 1 is 1.15 bits per heavy atom. The summed E-state index contributed by atoms with van der Waals surface area (Å²) in [6.45, 7) is 6.53. The van der Waals surface area contributed by atoms with Crippen LogP contribution < -0.4 is 5.32 Å². The second kappa shape index (κ2) is 5.43. The average molecular weight is 200 g/mol. The maximum absolute atomic E-state index is 5.33. The summed E-state index contributed by atoms with van der Waals surface area (Å²) < 4.78 is 0. The van der Waals surface area contributed by atoms with E-state index in [1.54, 1.807) is 0 Å². The largest absolute Gasteiger partial charge is 0.360 e. The van der Waals surface area contributed by atoms with Crippen molar-refractivity contribution in [2.75, 3.05) is 13.1 Å². The molecule has 0 aromatic heterocycles. The molecule has 0 aromatic rings. The van der Waals surface area contributed by atoms with Crippen molar-refractivity contribution in [1.29, 1.82) is 0 Å². The van der Waals surface area contributed by atoms with Crippen molar-refractivity contribution in [2.24, 2.45) is 0 Å². The van der Waals surface area contributed by atoms with E-state index >= 15 is 0 Å². The van der Waals surface area contributed by atoms with Gasteiger partial charge in [0.2, 0.25) is 0 Å². The van der Waals surface area contributed by atoms with Crippen molar-refractivity contribution in [3.63, 3.8) is 0 Å². The number of rotatable bonds is 1. The molecular weight excluding hydrogens is 180 g/mol. The maximum atomic E-state index is 5.33. The standard InChI is InChI=1S/C10H20N2S/c1-9(2)11-10(13)12-7-5-3-4-6-8-12/h9H,3-8H2,1-2H3,(H,11,13). The summed E-state index contributed by atoms with van der Waals surface area (Å²) in [5, 5.41) is 4.24. The average Bonchev–Trinajstić information content (AvgIpc) is 2.29. The smallest absolute Gasteiger partial charge is 0.169 e. The zero-order valence-corrected chi connectivity index (χ0v) is 9.49. The van der Waals surface area contributed by atoms with Gasteiger partial charge in [0.1, 0.15) is 0 Å². The Morgan fingerprint density at radius 3 is 2.15 bits per heavy atom. The van der Waals surface area contributed by atoms with E-state index in [1.807, 2.05) is 0 Å². The van der Waals surface area contributed by atoms with Crippen molar-refractivity contribution in [1.82, 2.24) is 10.2 Å². The molecule has 1 aliphatic rings. The Morgan fingerprint density at radius 2 is 1.69 bits per heavy atom. The molecule has 1 saturated heterocycles. The molecule has 1 fully saturated rings. The first-order valence-electron chi connectivity index (χ1n) is 5.25. The fraction of sp³-hybridized carbons (Fsp3) is 0.900. The Labute approximate surface area is 86.7 Å². The monoisotopic (exact) mass is 200 g/mol. The highest BCUT2D eigenvalue weighted by Crippen LogP contribution is 2.09. The first-order chi connectivity index (χ1) is 6.20. The lowest BCUT2D eigenvalue weighted by Crippen LogP contribution is -2.43. The number of hydrogen-bond donors (Lipinski definition) is 1. The summed E-state index contributed by atoms with van der Waals surface area (Å²) in [6, 6.07) is 0.454. The fourth-order valence-electron chi connectivity index (χ4n) is 1.61. The van der Waals surface area contributed by atoms with Crippen LogP contribution in [0.15, 0.2) is 0 Å². The molecule has 0 radical (unpaired) electrons. The first-order valence-corrected chi connectivity index (χ1v) is 5.66. The van der Waals surface area contributed by atoms with E-state index in [0.29, 0.717) is 6.04 Å². The van der Waals surface area contributed by atoms with Gasteiger partial charge in [-0.2, -0.15) is 0 Å². The van der Waals surface area contributed by atoms with Crippen LogP contribution in [-0.2, 0) is 0 Å². The molecule has 0 aromatic carbocycles. The minimum absolute atomic E-state index is 0.454. The molecule has 1 heterocycles. The van der Waals surface area contributed by atoms with E-state index in [2.05, 4.69) is 24.1 Å². The Kier molecular flexibility index (Phi) is 4.50. The molecule has 0 saturated carbocycles. The molecule has 0 unspecified atom stereocenters. The van der Waals surface area contributed by atoms with Crippen LogP contribution in [0.25, 0.3) is 0 Å². The molecule has 76 valence electrons. The molecule has 0 amide bonds. The minimum Gasteiger partial charge on any atom is -0.360 e. The molecule has 1 aliphatic heterocycles. The Balaban J connectivity index is 2.35. The lowest BCUT2D eigenvalue weighted by molar-refractivity contribution is 0.422. The third-order valence-electron chi connectivity index (χ3n) is 2.31. The molecule has 0 atom stereocenters. The van der Waals surface area contributed by atoms with Crippen LogP contribution >= 0.6 is 12.2 Å². The van der Waals surface area contributed by atoms with Crippen LogP contribution in [0.4, 0.5) is 0 Å². The topological polar surface area (TPSA) is 15.3 Å². The van der Waals surface area contributed by atoms with E-state index in [9.17, 15) is 0 Å². The predicted octanol–water partition coefficient (Wildman–Crippen LogP) is 2.15. The molecule has 0 aliphatic carbocycles. The third kappa shape index (κ3) is 3.94. The van der Waals surface area contributed by atoms with E-state index in [1.165, 1.54) is 25.7 Å². The summed E-state index contributed by atoms with van der Waals surface area (Å²) >= 11 is 5.33. The molecule has 13 heavy (non-hydrogen) atoms. The van der Waals surface area contributed by atoms with Gasteiger partial charge in [0.25, 0.3) is 0 Å². The second-order valence-corrected chi connectivity index (χ2v) is 4.39. The molecule has 1 N–H and O–H groups in total. The van der Waals surface area contributed by atoms with Crippen molar-refractivity contribution in [3.8, 4) is 0 Å². The summed E-state index contributed by atoms with van der Waals surface area (Å²) in [6.07, 6.45) is 5.31. The van der Waals surface area contributed by atoms with Gasteiger partial charge in [0.15, 0.2) is 5.11 Å². The fourth-order valence-corrected chi connectivity index (χ4v) is 2.03. The highest BCUT2D eigenvalue weighted by molar-refractivity contribution is 7.80. The normalized spacial score (nSPS) is 18.5. The molecule has 1 rings (SSSR count). The Hall–Kier alpha value is -0.310. The van der Waals surface area contributed by atoms with Crippen LogP contribution in [0.5, 0.6) is 0 Å². The lowest BCUT2D eigenvalue weighted by Gasteiger charge is -2.25. The number of nitrogens with zero attached hydrogens (tertiary/aromatic N) is 1. The van der Waals surface area contributed by atoms with Crippen molar-refractivity contribution in [3.05, 3.63) is 0 Å². The van der Waals surface area contributed by atoms with E-state index in [0.717, 1.165) is 18.2 Å². The van der Waals surface area contributed by atoms with Gasteiger partial charge in [-0.3, -0.25) is 0 Å². The lowest BCUT2D eigenvalue weighted by atomic mass is 10.2. The maximum Gasteiger partial charge on any atom is 0.169 e. The minimum atomic E-state index is 0.454. The Bertz CT molecular complexity index is 160. The highest BCUT2D eigenvalue weighted by Gasteiger charge is 2.12. The van der Waals surface area contributed by atoms with Crippen LogP contribution in [0.3, 0.4) is 0 Å². The molecule has 2 nitrogen and oxygen atoms in total. The van der Waals surface area contributed by atoms with Gasteiger partial charge in [0.05, 0.1) is 0 Å². The summed E-state index contributed by atoms with van der Waals surface area (Å²) in [5.74, 6) is 0. The zero-order valence-electron chi connectivity index (χ0n) is 8.68. The third-order valence-corrected chi connectivity index (χ3v) is 2.68. The number of thiocarbonyl (C=S) groups is 1. The molecular formula is C10H20N2S. The van der Waals surface area contributed by atoms with Gasteiger partial charge in [-0.05, 0) is 38.9 Å². The first kappa shape index (κ1) is 10.8. The number of nitrogens with one attached hydrogen (secondary N) is 1. The molecule has 0 bridgehead atoms. The summed E-state index contributed by atoms with van der Waals surface area (Å²) in [4.78, 5) is 2.31. The van der Waals surface area contributed by atoms with Gasteiger partial charge < -0.3 is 10.2 Å². The quantitative estimate of drug-likeness (QED) is 0.653. The predicted molar refractivity (Wildman–Crippen MR) is 60.9 cm³/mol. The van der Waals surface area contributed by atoms with Gasteiger partial charge in [-0.25, -0.2) is 0 Å². The molecule has 3 heteroatoms. The number of hydrogen-bond acceptors (Lipinski definition) is 1. The molecule has 0 spiro atoms. The number of likely N-dealkylation sites (tertiary alicyclic amines) is 1. The van der Waals surface area contributed by atoms with E-state index in [-0.39, 0.29) is 0 Å². The van der Waals surface area contributed by atoms with Gasteiger partial charge in [-0.15, -0.1) is 0 Å². The van der Waals surface area contributed by atoms with Gasteiger partial charge >= 0.3 is 0 Å². The van der Waals surface area contributed by atoms with Gasteiger partial charge in [-0.1, -0.05) is 12.8 Å². The van der Waals surface area contributed by atoms with Crippen molar-refractivity contribution < 1.29 is 0 Å². The highest BCUT2D eigenvalue weighted by atomic mass is 32.1. The van der Waals surface area contributed by atoms with Crippen LogP contribution in [0.2, 0.25) is 0 Å². The SMILES string of the molecule is CC(C)NC(=S)N1CCCCCC1.